The summed E-state index contributed by atoms with van der Waals surface area (Å²) in [6, 6.07) is -0.0269. The predicted molar refractivity (Wildman–Crippen MR) is 84.6 cm³/mol. The lowest BCUT2D eigenvalue weighted by atomic mass is 10.2. The smallest absolute Gasteiger partial charge is 0.262 e. The van der Waals surface area contributed by atoms with Crippen molar-refractivity contribution in [1.29, 1.82) is 0 Å². The van der Waals surface area contributed by atoms with Gasteiger partial charge in [-0.25, -0.2) is 8.42 Å². The lowest BCUT2D eigenvalue weighted by Crippen LogP contribution is -2.39. The Morgan fingerprint density at radius 2 is 2.05 bits per heavy atom. The zero-order valence-corrected chi connectivity index (χ0v) is 14.5. The van der Waals surface area contributed by atoms with Crippen LogP contribution in [-0.4, -0.2) is 42.6 Å². The molecule has 1 atom stereocenters. The summed E-state index contributed by atoms with van der Waals surface area (Å²) < 4.78 is 27.5. The second kappa shape index (κ2) is 7.91. The van der Waals surface area contributed by atoms with Gasteiger partial charge in [-0.2, -0.15) is 9.40 Å². The fourth-order valence-electron chi connectivity index (χ4n) is 2.23. The molecule has 21 heavy (non-hydrogen) atoms. The number of hydrogen-bond acceptors (Lipinski definition) is 4. The largest absolute Gasteiger partial charge is 0.316 e. The first-order valence-corrected chi connectivity index (χ1v) is 9.04. The van der Waals surface area contributed by atoms with Crippen LogP contribution in [-0.2, 0) is 16.6 Å². The number of aromatic amines is 1. The number of nitrogens with zero attached hydrogens (tertiary/aromatic N) is 2. The molecule has 0 fully saturated rings. The summed E-state index contributed by atoms with van der Waals surface area (Å²) in [6.07, 6.45) is 2.60. The highest BCUT2D eigenvalue weighted by atomic mass is 32.2. The maximum atomic E-state index is 13.0. The third-order valence-corrected chi connectivity index (χ3v) is 5.74. The van der Waals surface area contributed by atoms with Crippen molar-refractivity contribution in [1.82, 2.24) is 19.8 Å². The molecule has 1 unspecified atom stereocenters. The van der Waals surface area contributed by atoms with Gasteiger partial charge in [0.2, 0.25) is 0 Å². The van der Waals surface area contributed by atoms with Crippen LogP contribution in [0.4, 0.5) is 0 Å². The van der Waals surface area contributed by atoms with Gasteiger partial charge in [-0.1, -0.05) is 20.3 Å². The highest BCUT2D eigenvalue weighted by molar-refractivity contribution is 7.89. The van der Waals surface area contributed by atoms with Gasteiger partial charge in [0.05, 0.1) is 0 Å². The van der Waals surface area contributed by atoms with Crippen molar-refractivity contribution in [2.24, 2.45) is 0 Å². The van der Waals surface area contributed by atoms with Crippen molar-refractivity contribution in [3.63, 3.8) is 0 Å². The minimum Gasteiger partial charge on any atom is -0.316 e. The SMILES string of the molecule is CCCCN(C(C)CC)S(=O)(=O)c1n[nH]c(C)c1CNC. The van der Waals surface area contributed by atoms with Gasteiger partial charge in [0, 0.05) is 30.4 Å². The van der Waals surface area contributed by atoms with E-state index in [-0.39, 0.29) is 11.1 Å². The Labute approximate surface area is 128 Å². The van der Waals surface area contributed by atoms with E-state index in [1.165, 1.54) is 0 Å². The number of sulfonamides is 1. The molecule has 0 amide bonds. The number of aromatic nitrogens is 2. The standard InChI is InChI=1S/C14H28N4O2S/c1-6-8-9-18(11(3)7-2)21(19,20)14-13(10-15-5)12(4)16-17-14/h11,15H,6-10H2,1-5H3,(H,16,17). The Morgan fingerprint density at radius 3 is 2.57 bits per heavy atom. The molecule has 6 nitrogen and oxygen atoms in total. The molecule has 0 saturated carbocycles. The third kappa shape index (κ3) is 4.05. The molecule has 0 saturated heterocycles. The predicted octanol–water partition coefficient (Wildman–Crippen LogP) is 2.03. The van der Waals surface area contributed by atoms with Gasteiger partial charge >= 0.3 is 0 Å². The van der Waals surface area contributed by atoms with Crippen LogP contribution in [0, 0.1) is 6.92 Å². The van der Waals surface area contributed by atoms with E-state index in [1.807, 2.05) is 20.8 Å². The van der Waals surface area contributed by atoms with Gasteiger partial charge in [0.1, 0.15) is 0 Å². The molecule has 0 aliphatic carbocycles. The van der Waals surface area contributed by atoms with Gasteiger partial charge in [-0.15, -0.1) is 0 Å². The number of hydrogen-bond donors (Lipinski definition) is 2. The Balaban J connectivity index is 3.22. The molecule has 0 bridgehead atoms. The molecule has 1 rings (SSSR count). The van der Waals surface area contributed by atoms with Crippen LogP contribution in [0.3, 0.4) is 0 Å². The van der Waals surface area contributed by atoms with Crippen molar-refractivity contribution in [3.8, 4) is 0 Å². The first kappa shape index (κ1) is 18.1. The topological polar surface area (TPSA) is 78.1 Å². The van der Waals surface area contributed by atoms with Crippen LogP contribution in [0.1, 0.15) is 51.3 Å². The second-order valence-corrected chi connectivity index (χ2v) is 7.20. The van der Waals surface area contributed by atoms with Crippen LogP contribution in [0.15, 0.2) is 5.03 Å². The van der Waals surface area contributed by atoms with Crippen LogP contribution in [0.5, 0.6) is 0 Å². The highest BCUT2D eigenvalue weighted by Crippen LogP contribution is 2.23. The van der Waals surface area contributed by atoms with Crippen molar-refractivity contribution in [2.75, 3.05) is 13.6 Å². The van der Waals surface area contributed by atoms with Crippen LogP contribution in [0.25, 0.3) is 0 Å². The minimum atomic E-state index is -3.57. The summed E-state index contributed by atoms with van der Waals surface area (Å²) in [6.45, 7) is 8.89. The number of nitrogens with one attached hydrogen (secondary N) is 2. The lowest BCUT2D eigenvalue weighted by molar-refractivity contribution is 0.322. The summed E-state index contributed by atoms with van der Waals surface area (Å²) in [4.78, 5) is 0. The summed E-state index contributed by atoms with van der Waals surface area (Å²) in [5.74, 6) is 0. The zero-order valence-electron chi connectivity index (χ0n) is 13.7. The maximum absolute atomic E-state index is 13.0. The summed E-state index contributed by atoms with van der Waals surface area (Å²) in [5.41, 5.74) is 1.52. The summed E-state index contributed by atoms with van der Waals surface area (Å²) >= 11 is 0. The average molecular weight is 316 g/mol. The van der Waals surface area contributed by atoms with E-state index in [0.717, 1.165) is 30.5 Å². The molecule has 0 aromatic carbocycles. The quantitative estimate of drug-likeness (QED) is 0.730. The molecule has 1 aromatic rings. The van der Waals surface area contributed by atoms with Crippen molar-refractivity contribution in [3.05, 3.63) is 11.3 Å². The molecular weight excluding hydrogens is 288 g/mol. The van der Waals surface area contributed by atoms with Crippen molar-refractivity contribution in [2.45, 2.75) is 64.6 Å². The zero-order chi connectivity index (χ0) is 16.0. The average Bonchev–Trinajstić information content (AvgIpc) is 2.81. The van der Waals surface area contributed by atoms with Gasteiger partial charge in [-0.3, -0.25) is 5.10 Å². The van der Waals surface area contributed by atoms with E-state index in [1.54, 1.807) is 11.4 Å². The van der Waals surface area contributed by atoms with E-state index in [9.17, 15) is 8.42 Å². The number of aryl methyl sites for hydroxylation is 1. The van der Waals surface area contributed by atoms with Gasteiger partial charge < -0.3 is 5.32 Å². The molecule has 1 heterocycles. The molecule has 0 radical (unpaired) electrons. The van der Waals surface area contributed by atoms with Gasteiger partial charge in [0.25, 0.3) is 10.0 Å². The maximum Gasteiger partial charge on any atom is 0.262 e. The van der Waals surface area contributed by atoms with Crippen molar-refractivity contribution >= 4 is 10.0 Å². The monoisotopic (exact) mass is 316 g/mol. The number of rotatable bonds is 9. The molecule has 0 spiro atoms. The second-order valence-electron chi connectivity index (χ2n) is 5.39. The first-order chi connectivity index (χ1) is 9.89. The summed E-state index contributed by atoms with van der Waals surface area (Å²) in [5, 5.41) is 10.0. The molecule has 1 aromatic heterocycles. The van der Waals surface area contributed by atoms with E-state index in [4.69, 9.17) is 0 Å². The fraction of sp³-hybridized carbons (Fsp3) is 0.786. The molecule has 0 aliphatic heterocycles. The van der Waals surface area contributed by atoms with Crippen molar-refractivity contribution < 1.29 is 8.42 Å². The highest BCUT2D eigenvalue weighted by Gasteiger charge is 2.32. The third-order valence-electron chi connectivity index (χ3n) is 3.76. The molecule has 122 valence electrons. The minimum absolute atomic E-state index is 0.0269. The van der Waals surface area contributed by atoms with Gasteiger partial charge in [0.15, 0.2) is 5.03 Å². The number of unbranched alkanes of at least 4 members (excludes halogenated alkanes) is 1. The molecular formula is C14H28N4O2S. The van der Waals surface area contributed by atoms with E-state index < -0.39 is 10.0 Å². The Hall–Kier alpha value is -0.920. The first-order valence-electron chi connectivity index (χ1n) is 7.60. The van der Waals surface area contributed by atoms with Crippen LogP contribution >= 0.6 is 0 Å². The van der Waals surface area contributed by atoms with E-state index in [2.05, 4.69) is 22.4 Å². The molecule has 7 heteroatoms. The van der Waals surface area contributed by atoms with E-state index in [0.29, 0.717) is 13.1 Å². The summed E-state index contributed by atoms with van der Waals surface area (Å²) in [7, 11) is -1.77. The van der Waals surface area contributed by atoms with E-state index >= 15 is 0 Å². The Morgan fingerprint density at radius 1 is 1.38 bits per heavy atom. The van der Waals surface area contributed by atoms with Crippen LogP contribution < -0.4 is 5.32 Å². The normalized spacial score (nSPS) is 13.8. The Bertz CT molecular complexity index is 539. The Kier molecular flexibility index (Phi) is 6.83. The molecule has 0 aliphatic rings. The lowest BCUT2D eigenvalue weighted by Gasteiger charge is -2.27. The van der Waals surface area contributed by atoms with Crippen LogP contribution in [0.2, 0.25) is 0 Å². The fourth-order valence-corrected chi connectivity index (χ4v) is 4.15. The van der Waals surface area contributed by atoms with Gasteiger partial charge in [-0.05, 0) is 33.7 Å². The number of H-pyrrole nitrogens is 1. The molecule has 2 N–H and O–H groups in total.